The van der Waals surface area contributed by atoms with Gasteiger partial charge in [-0.15, -0.1) is 11.6 Å². The normalized spacial score (nSPS) is 21.1. The van der Waals surface area contributed by atoms with Gasteiger partial charge in [0.15, 0.2) is 5.03 Å². The van der Waals surface area contributed by atoms with Crippen molar-refractivity contribution < 1.29 is 8.42 Å². The fourth-order valence-electron chi connectivity index (χ4n) is 2.50. The topological polar surface area (TPSA) is 55.2 Å². The molecule has 19 heavy (non-hydrogen) atoms. The molecule has 0 amide bonds. The number of halogens is 1. The highest BCUT2D eigenvalue weighted by Gasteiger charge is 2.36. The molecule has 1 unspecified atom stereocenters. The fraction of sp³-hybridized carbons (Fsp3) is 0.750. The molecule has 0 aromatic carbocycles. The van der Waals surface area contributed by atoms with E-state index in [1.54, 1.807) is 29.0 Å². The van der Waals surface area contributed by atoms with Crippen LogP contribution in [0.15, 0.2) is 11.2 Å². The Morgan fingerprint density at radius 2 is 2.26 bits per heavy atom. The molecule has 5 nitrogen and oxygen atoms in total. The molecule has 1 aliphatic heterocycles. The van der Waals surface area contributed by atoms with Gasteiger partial charge in [-0.25, -0.2) is 13.4 Å². The van der Waals surface area contributed by atoms with Gasteiger partial charge in [-0.1, -0.05) is 0 Å². The summed E-state index contributed by atoms with van der Waals surface area (Å²) in [6, 6.07) is 0.0751. The highest BCUT2D eigenvalue weighted by Crippen LogP contribution is 2.28. The summed E-state index contributed by atoms with van der Waals surface area (Å²) in [6.45, 7) is 2.39. The lowest BCUT2D eigenvalue weighted by Gasteiger charge is -2.22. The number of hydrogen-bond acceptors (Lipinski definition) is 3. The summed E-state index contributed by atoms with van der Waals surface area (Å²) < 4.78 is 28.5. The first-order chi connectivity index (χ1) is 8.96. The number of aromatic nitrogens is 2. The zero-order chi connectivity index (χ0) is 14.0. The van der Waals surface area contributed by atoms with Gasteiger partial charge in [0, 0.05) is 31.7 Å². The Morgan fingerprint density at radius 1 is 1.53 bits per heavy atom. The Hall–Kier alpha value is -0.590. The fourth-order valence-corrected chi connectivity index (χ4v) is 4.40. The maximum absolute atomic E-state index is 12.6. The minimum Gasteiger partial charge on any atom is -0.337 e. The van der Waals surface area contributed by atoms with Crippen LogP contribution in [0, 0.1) is 6.92 Å². The van der Waals surface area contributed by atoms with E-state index < -0.39 is 10.0 Å². The molecule has 1 aromatic heterocycles. The molecule has 7 heteroatoms. The maximum atomic E-state index is 12.6. The van der Waals surface area contributed by atoms with Gasteiger partial charge in [0.2, 0.25) is 0 Å². The minimum absolute atomic E-state index is 0.0751. The third-order valence-electron chi connectivity index (χ3n) is 3.65. The van der Waals surface area contributed by atoms with Gasteiger partial charge in [0.25, 0.3) is 10.0 Å². The Bertz CT molecular complexity index is 522. The summed E-state index contributed by atoms with van der Waals surface area (Å²) >= 11 is 5.70. The van der Waals surface area contributed by atoms with Gasteiger partial charge in [-0.2, -0.15) is 4.31 Å². The van der Waals surface area contributed by atoms with E-state index in [-0.39, 0.29) is 11.1 Å². The van der Waals surface area contributed by atoms with Crippen molar-refractivity contribution in [3.63, 3.8) is 0 Å². The molecular formula is C12H20ClN3O2S. The monoisotopic (exact) mass is 305 g/mol. The molecule has 0 bridgehead atoms. The molecular weight excluding hydrogens is 286 g/mol. The Morgan fingerprint density at radius 3 is 2.84 bits per heavy atom. The third-order valence-corrected chi connectivity index (χ3v) is 5.74. The smallest absolute Gasteiger partial charge is 0.262 e. The Balaban J connectivity index is 2.23. The average Bonchev–Trinajstić information content (AvgIpc) is 2.95. The molecule has 0 N–H and O–H groups in total. The van der Waals surface area contributed by atoms with Crippen molar-refractivity contribution in [2.24, 2.45) is 7.05 Å². The summed E-state index contributed by atoms with van der Waals surface area (Å²) in [6.07, 6.45) is 5.09. The third kappa shape index (κ3) is 2.95. The lowest BCUT2D eigenvalue weighted by atomic mass is 10.1. The molecule has 2 heterocycles. The first kappa shape index (κ1) is 14.8. The van der Waals surface area contributed by atoms with Crippen LogP contribution >= 0.6 is 11.6 Å². The summed E-state index contributed by atoms with van der Waals surface area (Å²) in [5.41, 5.74) is 0. The number of rotatable bonds is 5. The van der Waals surface area contributed by atoms with Crippen molar-refractivity contribution in [3.8, 4) is 0 Å². The summed E-state index contributed by atoms with van der Waals surface area (Å²) in [7, 11) is -1.66. The highest BCUT2D eigenvalue weighted by molar-refractivity contribution is 7.89. The van der Waals surface area contributed by atoms with Crippen LogP contribution in [0.4, 0.5) is 0 Å². The van der Waals surface area contributed by atoms with Crippen LogP contribution in [-0.4, -0.2) is 40.7 Å². The van der Waals surface area contributed by atoms with Gasteiger partial charge in [0.05, 0.1) is 0 Å². The lowest BCUT2D eigenvalue weighted by Crippen LogP contribution is -2.35. The number of imidazole rings is 1. The van der Waals surface area contributed by atoms with Gasteiger partial charge >= 0.3 is 0 Å². The average molecular weight is 306 g/mol. The van der Waals surface area contributed by atoms with E-state index in [1.165, 1.54) is 0 Å². The van der Waals surface area contributed by atoms with Crippen LogP contribution in [0.3, 0.4) is 0 Å². The van der Waals surface area contributed by atoms with Crippen LogP contribution in [0.2, 0.25) is 0 Å². The first-order valence-corrected chi connectivity index (χ1v) is 8.52. The standard InChI is InChI=1S/C12H20ClN3O2S/c1-10-14-12(9-15(10)2)19(17,18)16-8-4-6-11(16)5-3-7-13/h9,11H,3-8H2,1-2H3. The highest BCUT2D eigenvalue weighted by atomic mass is 35.5. The van der Waals surface area contributed by atoms with E-state index in [2.05, 4.69) is 4.98 Å². The predicted molar refractivity (Wildman–Crippen MR) is 74.8 cm³/mol. The van der Waals surface area contributed by atoms with E-state index in [0.717, 1.165) is 25.7 Å². The molecule has 0 spiro atoms. The van der Waals surface area contributed by atoms with Crippen molar-refractivity contribution in [1.82, 2.24) is 13.9 Å². The summed E-state index contributed by atoms with van der Waals surface area (Å²) in [4.78, 5) is 4.15. The largest absolute Gasteiger partial charge is 0.337 e. The van der Waals surface area contributed by atoms with E-state index >= 15 is 0 Å². The number of nitrogens with zero attached hydrogens (tertiary/aromatic N) is 3. The van der Waals surface area contributed by atoms with Crippen molar-refractivity contribution in [2.75, 3.05) is 12.4 Å². The van der Waals surface area contributed by atoms with Gasteiger partial charge in [-0.3, -0.25) is 0 Å². The molecule has 0 aliphatic carbocycles. The predicted octanol–water partition coefficient (Wildman–Crippen LogP) is 1.90. The molecule has 2 rings (SSSR count). The Labute approximate surface area is 119 Å². The summed E-state index contributed by atoms with van der Waals surface area (Å²) in [5, 5.41) is 0.158. The molecule has 1 saturated heterocycles. The van der Waals surface area contributed by atoms with Crippen LogP contribution in [0.25, 0.3) is 0 Å². The molecule has 1 fully saturated rings. The second-order valence-electron chi connectivity index (χ2n) is 4.98. The van der Waals surface area contributed by atoms with Crippen LogP contribution in [0.1, 0.15) is 31.5 Å². The van der Waals surface area contributed by atoms with Crippen molar-refractivity contribution >= 4 is 21.6 Å². The number of sulfonamides is 1. The first-order valence-electron chi connectivity index (χ1n) is 6.54. The molecule has 0 radical (unpaired) electrons. The molecule has 108 valence electrons. The number of aryl methyl sites for hydroxylation is 2. The summed E-state index contributed by atoms with van der Waals surface area (Å²) in [5.74, 6) is 1.28. The minimum atomic E-state index is -3.46. The second-order valence-corrected chi connectivity index (χ2v) is 7.20. The Kier molecular flexibility index (Phi) is 4.53. The van der Waals surface area contributed by atoms with Crippen LogP contribution in [-0.2, 0) is 17.1 Å². The van der Waals surface area contributed by atoms with Gasteiger partial charge in [-0.05, 0) is 32.6 Å². The van der Waals surface area contributed by atoms with Crippen molar-refractivity contribution in [2.45, 2.75) is 43.7 Å². The number of alkyl halides is 1. The maximum Gasteiger partial charge on any atom is 0.262 e. The number of hydrogen-bond donors (Lipinski definition) is 0. The van der Waals surface area contributed by atoms with Crippen molar-refractivity contribution in [1.29, 1.82) is 0 Å². The van der Waals surface area contributed by atoms with Crippen molar-refractivity contribution in [3.05, 3.63) is 12.0 Å². The van der Waals surface area contributed by atoms with Crippen LogP contribution in [0.5, 0.6) is 0 Å². The van der Waals surface area contributed by atoms with E-state index in [4.69, 9.17) is 11.6 Å². The molecule has 0 saturated carbocycles. The SMILES string of the molecule is Cc1nc(S(=O)(=O)N2CCCC2CCCCl)cn1C. The van der Waals surface area contributed by atoms with E-state index in [9.17, 15) is 8.42 Å². The van der Waals surface area contributed by atoms with Gasteiger partial charge < -0.3 is 4.57 Å². The zero-order valence-electron chi connectivity index (χ0n) is 11.3. The molecule has 1 atom stereocenters. The zero-order valence-corrected chi connectivity index (χ0v) is 12.9. The molecule has 1 aromatic rings. The van der Waals surface area contributed by atoms with E-state index in [1.807, 2.05) is 0 Å². The second kappa shape index (κ2) is 5.81. The van der Waals surface area contributed by atoms with E-state index in [0.29, 0.717) is 18.2 Å². The van der Waals surface area contributed by atoms with Gasteiger partial charge in [0.1, 0.15) is 5.82 Å². The van der Waals surface area contributed by atoms with Crippen LogP contribution < -0.4 is 0 Å². The molecule has 1 aliphatic rings. The quantitative estimate of drug-likeness (QED) is 0.781. The lowest BCUT2D eigenvalue weighted by molar-refractivity contribution is 0.367.